The second kappa shape index (κ2) is 7.54. The first-order valence-electron chi connectivity index (χ1n) is 13.5. The molecule has 4 aromatic heterocycles. The van der Waals surface area contributed by atoms with Gasteiger partial charge in [0, 0.05) is 50.4 Å². The van der Waals surface area contributed by atoms with Crippen LogP contribution in [-0.2, 0) is 17.8 Å². The quantitative estimate of drug-likeness (QED) is 0.351. The summed E-state index contributed by atoms with van der Waals surface area (Å²) in [6.07, 6.45) is 4.03. The Hall–Kier alpha value is -3.50. The molecule has 2 bridgehead atoms. The number of pyridine rings is 2. The maximum atomic E-state index is 13.3. The SMILES string of the molecule is CCn1c(-c2nc3cc(C(=O)N4C[C@@H]5[C@@H]6[C@H]4N65)cnc3n2CC2CC(C)(OC)C2)cc2ccc(OC)nc21. The van der Waals surface area contributed by atoms with Crippen molar-refractivity contribution in [1.82, 2.24) is 33.9 Å². The number of carbonyl (C=O) groups excluding carboxylic acids is 1. The molecule has 0 N–H and O–H groups in total. The summed E-state index contributed by atoms with van der Waals surface area (Å²) in [6.45, 7) is 6.64. The first kappa shape index (κ1) is 22.5. The Balaban J connectivity index is 1.23. The summed E-state index contributed by atoms with van der Waals surface area (Å²) in [5, 5.41) is 1.03. The topological polar surface area (TPSA) is 90.3 Å². The summed E-state index contributed by atoms with van der Waals surface area (Å²) >= 11 is 0. The molecular weight excluding hydrogens is 482 g/mol. The van der Waals surface area contributed by atoms with E-state index >= 15 is 0 Å². The normalized spacial score (nSPS) is 30.5. The minimum atomic E-state index is -0.0680. The summed E-state index contributed by atoms with van der Waals surface area (Å²) in [7, 11) is 3.42. The zero-order valence-corrected chi connectivity index (χ0v) is 22.1. The van der Waals surface area contributed by atoms with E-state index in [1.165, 1.54) is 0 Å². The lowest BCUT2D eigenvalue weighted by Crippen LogP contribution is -2.44. The molecule has 1 unspecified atom stereocenters. The van der Waals surface area contributed by atoms with Crippen molar-refractivity contribution >= 4 is 28.1 Å². The molecule has 0 aromatic carbocycles. The van der Waals surface area contributed by atoms with Gasteiger partial charge in [0.25, 0.3) is 5.91 Å². The molecule has 4 saturated heterocycles. The van der Waals surface area contributed by atoms with Crippen LogP contribution in [0, 0.1) is 5.92 Å². The Bertz CT molecular complexity index is 1620. The second-order valence-electron chi connectivity index (χ2n) is 11.5. The molecule has 0 spiro atoms. The molecule has 4 aliphatic heterocycles. The van der Waals surface area contributed by atoms with Crippen molar-refractivity contribution in [2.75, 3.05) is 20.8 Å². The highest BCUT2D eigenvalue weighted by Gasteiger charge is 2.80. The molecule has 9 rings (SSSR count). The molecule has 5 fully saturated rings. The van der Waals surface area contributed by atoms with E-state index in [0.717, 1.165) is 66.2 Å². The Morgan fingerprint density at radius 1 is 1.13 bits per heavy atom. The van der Waals surface area contributed by atoms with Gasteiger partial charge in [-0.05, 0) is 50.8 Å². The van der Waals surface area contributed by atoms with Gasteiger partial charge in [-0.2, -0.15) is 4.98 Å². The van der Waals surface area contributed by atoms with Crippen LogP contribution in [0.3, 0.4) is 0 Å². The highest BCUT2D eigenvalue weighted by molar-refractivity contribution is 5.98. The molecule has 4 aromatic rings. The van der Waals surface area contributed by atoms with Gasteiger partial charge in [-0.3, -0.25) is 9.69 Å². The maximum Gasteiger partial charge on any atom is 0.256 e. The number of piperazine rings is 1. The lowest BCUT2D eigenvalue weighted by atomic mass is 9.72. The van der Waals surface area contributed by atoms with Crippen LogP contribution in [0.5, 0.6) is 5.88 Å². The molecule has 0 radical (unpaired) electrons. The Kier molecular flexibility index (Phi) is 4.46. The summed E-state index contributed by atoms with van der Waals surface area (Å²) in [6, 6.07) is 9.19. The van der Waals surface area contributed by atoms with Crippen LogP contribution in [0.4, 0.5) is 0 Å². The number of methoxy groups -OCH3 is 2. The minimum Gasteiger partial charge on any atom is -0.481 e. The monoisotopic (exact) mass is 513 g/mol. The first-order valence-corrected chi connectivity index (χ1v) is 13.5. The molecule has 1 amide bonds. The van der Waals surface area contributed by atoms with Crippen molar-refractivity contribution in [3.63, 3.8) is 0 Å². The van der Waals surface area contributed by atoms with Gasteiger partial charge in [0.1, 0.15) is 17.3 Å². The van der Waals surface area contributed by atoms with Gasteiger partial charge in [0.2, 0.25) is 5.88 Å². The van der Waals surface area contributed by atoms with E-state index in [-0.39, 0.29) is 11.5 Å². The highest BCUT2D eigenvalue weighted by Crippen LogP contribution is 2.59. The number of fused-ring (bicyclic) bond motifs is 3. The van der Waals surface area contributed by atoms with E-state index in [0.29, 0.717) is 35.6 Å². The second-order valence-corrected chi connectivity index (χ2v) is 11.5. The molecule has 1 aliphatic carbocycles. The van der Waals surface area contributed by atoms with Crippen LogP contribution >= 0.6 is 0 Å². The van der Waals surface area contributed by atoms with Crippen molar-refractivity contribution in [3.05, 3.63) is 36.0 Å². The van der Waals surface area contributed by atoms with Crippen LogP contribution in [0.15, 0.2) is 30.5 Å². The third kappa shape index (κ3) is 3.01. The van der Waals surface area contributed by atoms with Gasteiger partial charge in [-0.1, -0.05) is 0 Å². The number of rotatable bonds is 7. The average Bonchev–Trinajstić information content (AvgIpc) is 3.52. The molecular formula is C28H31N7O3. The molecule has 10 heteroatoms. The molecule has 196 valence electrons. The number of aromatic nitrogens is 5. The van der Waals surface area contributed by atoms with E-state index in [9.17, 15) is 4.79 Å². The van der Waals surface area contributed by atoms with Crippen LogP contribution in [0.2, 0.25) is 0 Å². The fraction of sp³-hybridized carbons (Fsp3) is 0.500. The van der Waals surface area contributed by atoms with Gasteiger partial charge in [0.05, 0.1) is 30.0 Å². The van der Waals surface area contributed by atoms with Gasteiger partial charge >= 0.3 is 0 Å². The van der Waals surface area contributed by atoms with Gasteiger partial charge in [-0.15, -0.1) is 0 Å². The number of aryl methyl sites for hydroxylation is 1. The first-order chi connectivity index (χ1) is 18.4. The molecule has 10 nitrogen and oxygen atoms in total. The predicted molar refractivity (Wildman–Crippen MR) is 141 cm³/mol. The van der Waals surface area contributed by atoms with E-state index in [2.05, 4.69) is 33.9 Å². The number of amides is 1. The summed E-state index contributed by atoms with van der Waals surface area (Å²) < 4.78 is 15.5. The van der Waals surface area contributed by atoms with E-state index in [1.54, 1.807) is 20.4 Å². The molecule has 1 saturated carbocycles. The lowest BCUT2D eigenvalue weighted by Gasteiger charge is -2.44. The standard InChI is InChI=1S/C28H31N7O3/c1-5-32-19(9-16-6-7-21(37-3)31-23(16)32)25-30-18-8-17(27(36)34-14-20-22-26(34)35(20)22)12-29-24(18)33(25)13-15-10-28(2,11-15)38-4/h6-9,12,15,20,22,26H,5,10-11,13-14H2,1-4H3/t15?,20-,22-,26-,28?,35?/m1/s1. The molecule has 4 atom stereocenters. The Morgan fingerprint density at radius 2 is 1.95 bits per heavy atom. The molecule has 5 aliphatic rings. The smallest absolute Gasteiger partial charge is 0.256 e. The summed E-state index contributed by atoms with van der Waals surface area (Å²) in [5.74, 6) is 1.95. The van der Waals surface area contributed by atoms with Crippen molar-refractivity contribution in [3.8, 4) is 17.4 Å². The summed E-state index contributed by atoms with van der Waals surface area (Å²) in [4.78, 5) is 32.3. The Labute approximate surface area is 220 Å². The van der Waals surface area contributed by atoms with E-state index < -0.39 is 0 Å². The maximum absolute atomic E-state index is 13.3. The fourth-order valence-corrected chi connectivity index (χ4v) is 7.03. The molecule has 8 heterocycles. The van der Waals surface area contributed by atoms with Crippen molar-refractivity contribution in [2.24, 2.45) is 5.92 Å². The van der Waals surface area contributed by atoms with Crippen LogP contribution in [0.1, 0.15) is 37.0 Å². The largest absolute Gasteiger partial charge is 0.481 e. The van der Waals surface area contributed by atoms with Crippen LogP contribution in [0.25, 0.3) is 33.7 Å². The third-order valence-corrected chi connectivity index (χ3v) is 9.20. The van der Waals surface area contributed by atoms with Crippen LogP contribution in [-0.4, -0.2) is 84.4 Å². The Morgan fingerprint density at radius 3 is 2.63 bits per heavy atom. The van der Waals surface area contributed by atoms with E-state index in [1.807, 2.05) is 23.1 Å². The predicted octanol–water partition coefficient (Wildman–Crippen LogP) is 3.14. The van der Waals surface area contributed by atoms with Crippen LogP contribution < -0.4 is 4.74 Å². The van der Waals surface area contributed by atoms with Crippen molar-refractivity contribution in [2.45, 2.75) is 63.6 Å². The van der Waals surface area contributed by atoms with Crippen molar-refractivity contribution < 1.29 is 14.3 Å². The lowest BCUT2D eigenvalue weighted by molar-refractivity contribution is -0.0937. The number of ether oxygens (including phenoxy) is 2. The third-order valence-electron chi connectivity index (χ3n) is 9.20. The molecule has 38 heavy (non-hydrogen) atoms. The number of carbonyl (C=O) groups is 1. The van der Waals surface area contributed by atoms with Gasteiger partial charge in [0.15, 0.2) is 11.5 Å². The van der Waals surface area contributed by atoms with Crippen molar-refractivity contribution in [1.29, 1.82) is 0 Å². The number of hydrogen-bond donors (Lipinski definition) is 0. The zero-order chi connectivity index (χ0) is 25.9. The number of imidazole rings is 1. The summed E-state index contributed by atoms with van der Waals surface area (Å²) in [5.41, 5.74) is 3.95. The van der Waals surface area contributed by atoms with E-state index in [4.69, 9.17) is 24.4 Å². The fourth-order valence-electron chi connectivity index (χ4n) is 7.03. The highest BCUT2D eigenvalue weighted by atomic mass is 16.5. The number of hydrogen-bond acceptors (Lipinski definition) is 7. The average molecular weight is 514 g/mol. The zero-order valence-electron chi connectivity index (χ0n) is 22.1. The number of nitrogens with zero attached hydrogens (tertiary/aromatic N) is 7. The minimum absolute atomic E-state index is 0.0572. The van der Waals surface area contributed by atoms with Gasteiger partial charge < -0.3 is 23.5 Å². The van der Waals surface area contributed by atoms with Gasteiger partial charge in [-0.25, -0.2) is 9.97 Å².